The number of thiophene rings is 1. The van der Waals surface area contributed by atoms with Crippen LogP contribution >= 0.6 is 22.9 Å². The van der Waals surface area contributed by atoms with Gasteiger partial charge in [0.05, 0.1) is 9.90 Å². The molecule has 2 aromatic carbocycles. The number of nitrogens with one attached hydrogen (secondary N) is 2. The first-order chi connectivity index (χ1) is 14.2. The SMILES string of the molecule is CN(C)S(=O)(=O)c1cc(NC(=O)c2ccc(NC(=O)c3cccs3)cc2)ccc1Cl. The fourth-order valence-corrected chi connectivity index (χ4v) is 4.50. The van der Waals surface area contributed by atoms with Gasteiger partial charge in [0.15, 0.2) is 0 Å². The zero-order valence-electron chi connectivity index (χ0n) is 16.0. The predicted molar refractivity (Wildman–Crippen MR) is 119 cm³/mol. The Balaban J connectivity index is 1.73. The van der Waals surface area contributed by atoms with Crippen LogP contribution in [0.2, 0.25) is 5.02 Å². The number of rotatable bonds is 6. The van der Waals surface area contributed by atoms with E-state index in [0.29, 0.717) is 21.8 Å². The van der Waals surface area contributed by atoms with Gasteiger partial charge in [0.25, 0.3) is 11.8 Å². The summed E-state index contributed by atoms with van der Waals surface area (Å²) in [6.07, 6.45) is 0. The zero-order valence-corrected chi connectivity index (χ0v) is 18.4. The van der Waals surface area contributed by atoms with E-state index < -0.39 is 15.9 Å². The molecule has 0 fully saturated rings. The maximum absolute atomic E-state index is 12.5. The number of hydrogen-bond acceptors (Lipinski definition) is 5. The third kappa shape index (κ3) is 4.88. The van der Waals surface area contributed by atoms with E-state index in [9.17, 15) is 18.0 Å². The molecule has 0 saturated carbocycles. The van der Waals surface area contributed by atoms with Gasteiger partial charge < -0.3 is 10.6 Å². The van der Waals surface area contributed by atoms with Crippen molar-refractivity contribution in [2.45, 2.75) is 4.90 Å². The predicted octanol–water partition coefficient (Wildman–Crippen LogP) is 4.16. The van der Waals surface area contributed by atoms with Gasteiger partial charge in [-0.3, -0.25) is 9.59 Å². The quantitative estimate of drug-likeness (QED) is 0.573. The number of hydrogen-bond donors (Lipinski definition) is 2. The van der Waals surface area contributed by atoms with Crippen LogP contribution in [0.1, 0.15) is 20.0 Å². The minimum absolute atomic E-state index is 0.0625. The van der Waals surface area contributed by atoms with Gasteiger partial charge >= 0.3 is 0 Å². The Hall–Kier alpha value is -2.72. The van der Waals surface area contributed by atoms with Gasteiger partial charge in [-0.25, -0.2) is 12.7 Å². The van der Waals surface area contributed by atoms with E-state index in [1.807, 2.05) is 5.38 Å². The number of anilines is 2. The summed E-state index contributed by atoms with van der Waals surface area (Å²) in [7, 11) is -0.959. The first-order valence-electron chi connectivity index (χ1n) is 8.67. The molecule has 30 heavy (non-hydrogen) atoms. The summed E-state index contributed by atoms with van der Waals surface area (Å²) in [5.41, 5.74) is 1.19. The average Bonchev–Trinajstić information content (AvgIpc) is 3.24. The molecule has 2 amide bonds. The van der Waals surface area contributed by atoms with Gasteiger partial charge in [-0.15, -0.1) is 11.3 Å². The van der Waals surface area contributed by atoms with Crippen molar-refractivity contribution >= 4 is 56.2 Å². The van der Waals surface area contributed by atoms with Crippen LogP contribution in [0.3, 0.4) is 0 Å². The van der Waals surface area contributed by atoms with E-state index in [0.717, 1.165) is 4.31 Å². The number of sulfonamides is 1. The molecule has 7 nitrogen and oxygen atoms in total. The van der Waals surface area contributed by atoms with Crippen LogP contribution in [0.25, 0.3) is 0 Å². The third-order valence-corrected chi connectivity index (χ3v) is 7.26. The summed E-state index contributed by atoms with van der Waals surface area (Å²) in [5.74, 6) is -0.653. The smallest absolute Gasteiger partial charge is 0.265 e. The summed E-state index contributed by atoms with van der Waals surface area (Å²) in [4.78, 5) is 25.1. The van der Waals surface area contributed by atoms with Gasteiger partial charge in [-0.1, -0.05) is 17.7 Å². The molecular weight excluding hydrogens is 446 g/mol. The van der Waals surface area contributed by atoms with Gasteiger partial charge in [-0.05, 0) is 53.9 Å². The summed E-state index contributed by atoms with van der Waals surface area (Å²) in [6.45, 7) is 0. The highest BCUT2D eigenvalue weighted by Crippen LogP contribution is 2.27. The van der Waals surface area contributed by atoms with E-state index in [4.69, 9.17) is 11.6 Å². The number of carbonyl (C=O) groups excluding carboxylic acids is 2. The fourth-order valence-electron chi connectivity index (χ4n) is 2.48. The van der Waals surface area contributed by atoms with Crippen molar-refractivity contribution in [2.24, 2.45) is 0 Å². The molecule has 1 heterocycles. The summed E-state index contributed by atoms with van der Waals surface area (Å²) >= 11 is 7.36. The van der Waals surface area contributed by atoms with Gasteiger partial charge in [0.1, 0.15) is 4.90 Å². The summed E-state index contributed by atoms with van der Waals surface area (Å²) < 4.78 is 25.8. The Bertz CT molecular complexity index is 1180. The largest absolute Gasteiger partial charge is 0.322 e. The van der Waals surface area contributed by atoms with Crippen LogP contribution in [-0.2, 0) is 10.0 Å². The molecule has 0 saturated heterocycles. The molecule has 0 atom stereocenters. The Morgan fingerprint density at radius 2 is 1.57 bits per heavy atom. The Morgan fingerprint density at radius 1 is 0.933 bits per heavy atom. The van der Waals surface area contributed by atoms with Gasteiger partial charge in [0.2, 0.25) is 10.0 Å². The van der Waals surface area contributed by atoms with Crippen LogP contribution < -0.4 is 10.6 Å². The van der Waals surface area contributed by atoms with E-state index in [2.05, 4.69) is 10.6 Å². The standard InChI is InChI=1S/C20H18ClN3O4S2/c1-24(2)30(27,28)18-12-15(9-10-16(18)21)23-19(25)13-5-7-14(8-6-13)22-20(26)17-4-3-11-29-17/h3-12H,1-2H3,(H,22,26)(H,23,25). The van der Waals surface area contributed by atoms with Crippen molar-refractivity contribution in [2.75, 3.05) is 24.7 Å². The number of nitrogens with zero attached hydrogens (tertiary/aromatic N) is 1. The molecule has 0 aliphatic heterocycles. The normalized spacial score (nSPS) is 11.3. The van der Waals surface area contributed by atoms with Crippen molar-refractivity contribution in [1.82, 2.24) is 4.31 Å². The summed E-state index contributed by atoms with van der Waals surface area (Å²) in [5, 5.41) is 7.28. The monoisotopic (exact) mass is 463 g/mol. The molecule has 3 aromatic rings. The Morgan fingerprint density at radius 3 is 2.17 bits per heavy atom. The number of carbonyl (C=O) groups is 2. The van der Waals surface area contributed by atoms with E-state index in [1.54, 1.807) is 36.4 Å². The molecule has 0 aliphatic rings. The Kier molecular flexibility index (Phi) is 6.57. The second kappa shape index (κ2) is 8.97. The second-order valence-corrected chi connectivity index (χ2v) is 9.87. The molecule has 0 unspecified atom stereocenters. The highest BCUT2D eigenvalue weighted by molar-refractivity contribution is 7.89. The van der Waals surface area contributed by atoms with Crippen LogP contribution in [0.15, 0.2) is 64.9 Å². The van der Waals surface area contributed by atoms with Crippen LogP contribution in [0.5, 0.6) is 0 Å². The summed E-state index contributed by atoms with van der Waals surface area (Å²) in [6, 6.07) is 14.1. The van der Waals surface area contributed by atoms with Crippen molar-refractivity contribution in [3.8, 4) is 0 Å². The minimum Gasteiger partial charge on any atom is -0.322 e. The molecule has 0 radical (unpaired) electrons. The van der Waals surface area contributed by atoms with Crippen LogP contribution in [0, 0.1) is 0 Å². The lowest BCUT2D eigenvalue weighted by atomic mass is 10.2. The van der Waals surface area contributed by atoms with Gasteiger partial charge in [-0.2, -0.15) is 0 Å². The first kappa shape index (κ1) is 22.0. The fraction of sp³-hybridized carbons (Fsp3) is 0.100. The zero-order chi connectivity index (χ0) is 21.9. The van der Waals surface area contributed by atoms with Crippen LogP contribution in [0.4, 0.5) is 11.4 Å². The van der Waals surface area contributed by atoms with E-state index in [-0.39, 0.29) is 15.8 Å². The molecular formula is C20H18ClN3O4S2. The molecule has 2 N–H and O–H groups in total. The third-order valence-electron chi connectivity index (χ3n) is 4.10. The van der Waals surface area contributed by atoms with Crippen molar-refractivity contribution in [3.05, 3.63) is 75.4 Å². The van der Waals surface area contributed by atoms with Gasteiger partial charge in [0, 0.05) is 31.0 Å². The molecule has 0 spiro atoms. The first-order valence-corrected chi connectivity index (χ1v) is 11.4. The molecule has 0 aliphatic carbocycles. The second-order valence-electron chi connectivity index (χ2n) is 6.40. The average molecular weight is 464 g/mol. The lowest BCUT2D eigenvalue weighted by Crippen LogP contribution is -2.23. The van der Waals surface area contributed by atoms with Crippen molar-refractivity contribution in [1.29, 1.82) is 0 Å². The van der Waals surface area contributed by atoms with Crippen molar-refractivity contribution < 1.29 is 18.0 Å². The molecule has 3 rings (SSSR count). The maximum atomic E-state index is 12.5. The van der Waals surface area contributed by atoms with E-state index >= 15 is 0 Å². The van der Waals surface area contributed by atoms with Crippen molar-refractivity contribution in [3.63, 3.8) is 0 Å². The molecule has 0 bridgehead atoms. The number of halogens is 1. The minimum atomic E-state index is -3.76. The van der Waals surface area contributed by atoms with E-state index in [1.165, 1.54) is 43.6 Å². The molecule has 1 aromatic heterocycles. The number of amides is 2. The lowest BCUT2D eigenvalue weighted by molar-refractivity contribution is 0.102. The lowest BCUT2D eigenvalue weighted by Gasteiger charge is -2.14. The molecule has 156 valence electrons. The molecule has 10 heteroatoms. The highest BCUT2D eigenvalue weighted by atomic mass is 35.5. The number of benzene rings is 2. The van der Waals surface area contributed by atoms with Crippen LogP contribution in [-0.4, -0.2) is 38.6 Å². The highest BCUT2D eigenvalue weighted by Gasteiger charge is 2.21. The Labute approximate surface area is 183 Å². The topological polar surface area (TPSA) is 95.6 Å². The maximum Gasteiger partial charge on any atom is 0.265 e.